The summed E-state index contributed by atoms with van der Waals surface area (Å²) in [6.45, 7) is 6.84. The maximum atomic E-state index is 13.2. The van der Waals surface area contributed by atoms with Crippen LogP contribution in [-0.4, -0.2) is 27.8 Å². The van der Waals surface area contributed by atoms with Gasteiger partial charge in [0.25, 0.3) is 0 Å². The molecular formula is C16H20ClFINO4. The molecule has 2 atom stereocenters. The van der Waals surface area contributed by atoms with E-state index in [0.29, 0.717) is 5.56 Å². The minimum absolute atomic E-state index is 0.0563. The van der Waals surface area contributed by atoms with Crippen molar-refractivity contribution in [1.82, 2.24) is 5.32 Å². The van der Waals surface area contributed by atoms with E-state index in [4.69, 9.17) is 21.1 Å². The maximum absolute atomic E-state index is 13.2. The minimum Gasteiger partial charge on any atom is -0.450 e. The summed E-state index contributed by atoms with van der Waals surface area (Å²) in [6, 6.07) is 3.13. The van der Waals surface area contributed by atoms with Crippen LogP contribution in [0.25, 0.3) is 0 Å². The number of nitrogens with one attached hydrogen (secondary N) is 1. The number of alkyl halides is 1. The van der Waals surface area contributed by atoms with Gasteiger partial charge in [0.15, 0.2) is 0 Å². The predicted octanol–water partition coefficient (Wildman–Crippen LogP) is 4.24. The molecule has 0 radical (unpaired) electrons. The lowest BCUT2D eigenvalue weighted by molar-refractivity contribution is -0.146. The number of benzene rings is 1. The zero-order valence-electron chi connectivity index (χ0n) is 13.9. The van der Waals surface area contributed by atoms with Gasteiger partial charge in [-0.2, -0.15) is 0 Å². The molecule has 1 aromatic carbocycles. The fraction of sp³-hybridized carbons (Fsp3) is 0.500. The van der Waals surface area contributed by atoms with Crippen molar-refractivity contribution in [3.05, 3.63) is 34.6 Å². The van der Waals surface area contributed by atoms with E-state index in [1.165, 1.54) is 18.2 Å². The number of ether oxygens (including phenoxy) is 2. The van der Waals surface area contributed by atoms with Crippen LogP contribution in [0.15, 0.2) is 18.2 Å². The van der Waals surface area contributed by atoms with Gasteiger partial charge in [0, 0.05) is 6.42 Å². The van der Waals surface area contributed by atoms with Crippen molar-refractivity contribution in [3.8, 4) is 0 Å². The number of alkyl carbamates (subject to hydrolysis) is 1. The Labute approximate surface area is 159 Å². The third-order valence-electron chi connectivity index (χ3n) is 2.68. The van der Waals surface area contributed by atoms with E-state index in [1.54, 1.807) is 27.7 Å². The summed E-state index contributed by atoms with van der Waals surface area (Å²) in [5.41, 5.74) is -0.116. The molecule has 0 fully saturated rings. The Hall–Kier alpha value is -1.09. The van der Waals surface area contributed by atoms with Crippen LogP contribution in [0.5, 0.6) is 0 Å². The van der Waals surface area contributed by atoms with Crippen molar-refractivity contribution in [3.63, 3.8) is 0 Å². The summed E-state index contributed by atoms with van der Waals surface area (Å²) in [5.74, 6) is -1.16. The summed E-state index contributed by atoms with van der Waals surface area (Å²) in [5, 5.41) is 2.43. The van der Waals surface area contributed by atoms with Crippen molar-refractivity contribution in [2.45, 2.75) is 49.9 Å². The van der Waals surface area contributed by atoms with Crippen molar-refractivity contribution in [2.75, 3.05) is 0 Å². The van der Waals surface area contributed by atoms with Crippen LogP contribution < -0.4 is 5.32 Å². The van der Waals surface area contributed by atoms with Gasteiger partial charge < -0.3 is 14.8 Å². The van der Waals surface area contributed by atoms with Gasteiger partial charge in [-0.3, -0.25) is 0 Å². The van der Waals surface area contributed by atoms with E-state index in [1.807, 2.05) is 22.6 Å². The van der Waals surface area contributed by atoms with Gasteiger partial charge in [0.2, 0.25) is 0 Å². The number of amides is 1. The smallest absolute Gasteiger partial charge is 0.408 e. The molecule has 1 unspecified atom stereocenters. The molecule has 134 valence electrons. The Bertz CT molecular complexity index is 604. The third-order valence-corrected chi connectivity index (χ3v) is 3.22. The number of esters is 1. The molecule has 1 amide bonds. The second-order valence-electron chi connectivity index (χ2n) is 6.13. The predicted molar refractivity (Wildman–Crippen MR) is 97.8 cm³/mol. The third kappa shape index (κ3) is 7.65. The number of hydrogen-bond donors (Lipinski definition) is 1. The fourth-order valence-corrected chi connectivity index (χ4v) is 2.24. The van der Waals surface area contributed by atoms with Crippen LogP contribution in [-0.2, 0) is 20.7 Å². The first-order valence-electron chi connectivity index (χ1n) is 7.26. The molecule has 0 aliphatic rings. The van der Waals surface area contributed by atoms with Gasteiger partial charge in [-0.15, -0.1) is 0 Å². The summed E-state index contributed by atoms with van der Waals surface area (Å²) in [6.07, 6.45) is -0.639. The molecule has 1 N–H and O–H groups in total. The molecule has 0 heterocycles. The van der Waals surface area contributed by atoms with E-state index in [0.717, 1.165) is 0 Å². The Morgan fingerprint density at radius 3 is 2.50 bits per heavy atom. The molecular weight excluding hydrogens is 452 g/mol. The molecule has 24 heavy (non-hydrogen) atoms. The Kier molecular flexibility index (Phi) is 7.72. The lowest BCUT2D eigenvalue weighted by atomic mass is 10.1. The summed E-state index contributed by atoms with van der Waals surface area (Å²) >= 11 is 7.68. The number of halogens is 3. The van der Waals surface area contributed by atoms with Gasteiger partial charge in [0.05, 0.1) is 5.02 Å². The molecule has 0 aliphatic heterocycles. The van der Waals surface area contributed by atoms with Crippen molar-refractivity contribution in [2.24, 2.45) is 0 Å². The number of hydrogen-bond acceptors (Lipinski definition) is 4. The minimum atomic E-state index is -0.974. The van der Waals surface area contributed by atoms with Crippen LogP contribution in [0.3, 0.4) is 0 Å². The highest BCUT2D eigenvalue weighted by Crippen LogP contribution is 2.18. The second kappa shape index (κ2) is 8.84. The van der Waals surface area contributed by atoms with Crippen molar-refractivity contribution in [1.29, 1.82) is 0 Å². The van der Waals surface area contributed by atoms with Crippen molar-refractivity contribution >= 4 is 46.3 Å². The van der Waals surface area contributed by atoms with Crippen molar-refractivity contribution < 1.29 is 23.5 Å². The average molecular weight is 472 g/mol. The number of carbonyl (C=O) groups is 2. The summed E-state index contributed by atoms with van der Waals surface area (Å²) < 4.78 is 23.2. The molecule has 1 rings (SSSR count). The summed E-state index contributed by atoms with van der Waals surface area (Å²) in [7, 11) is 0. The lowest BCUT2D eigenvalue weighted by Crippen LogP contribution is -2.45. The number of rotatable bonds is 5. The SMILES string of the molecule is CC(I)OC(=O)[C@@H](Cc1ccc(F)c(Cl)c1)NC(=O)OC(C)(C)C. The molecule has 0 aromatic heterocycles. The Morgan fingerprint density at radius 2 is 2.00 bits per heavy atom. The topological polar surface area (TPSA) is 64.6 Å². The van der Waals surface area contributed by atoms with Crippen LogP contribution in [0.1, 0.15) is 33.3 Å². The van der Waals surface area contributed by atoms with Gasteiger partial charge in [-0.1, -0.05) is 17.7 Å². The zero-order chi connectivity index (χ0) is 18.5. The van der Waals surface area contributed by atoms with E-state index >= 15 is 0 Å². The molecule has 8 heteroatoms. The lowest BCUT2D eigenvalue weighted by Gasteiger charge is -2.23. The Morgan fingerprint density at radius 1 is 1.38 bits per heavy atom. The first kappa shape index (κ1) is 21.0. The molecule has 1 aromatic rings. The van der Waals surface area contributed by atoms with Gasteiger partial charge in [0.1, 0.15) is 21.6 Å². The van der Waals surface area contributed by atoms with E-state index in [9.17, 15) is 14.0 Å². The van der Waals surface area contributed by atoms with E-state index < -0.39 is 29.5 Å². The first-order valence-corrected chi connectivity index (χ1v) is 8.88. The van der Waals surface area contributed by atoms with Crippen LogP contribution >= 0.6 is 34.2 Å². The van der Waals surface area contributed by atoms with Gasteiger partial charge in [-0.25, -0.2) is 14.0 Å². The first-order chi connectivity index (χ1) is 11.0. The average Bonchev–Trinajstić information content (AvgIpc) is 2.39. The van der Waals surface area contributed by atoms with Crippen LogP contribution in [0, 0.1) is 5.82 Å². The normalized spacial score (nSPS) is 13.8. The molecule has 0 aliphatic carbocycles. The second-order valence-corrected chi connectivity index (χ2v) is 8.29. The molecule has 0 saturated carbocycles. The van der Waals surface area contributed by atoms with E-state index in [2.05, 4.69) is 5.32 Å². The molecule has 0 spiro atoms. The zero-order valence-corrected chi connectivity index (χ0v) is 16.8. The van der Waals surface area contributed by atoms with Crippen LogP contribution in [0.2, 0.25) is 5.02 Å². The van der Waals surface area contributed by atoms with Gasteiger partial charge in [-0.05, 0) is 68.0 Å². The highest BCUT2D eigenvalue weighted by molar-refractivity contribution is 14.1. The fourth-order valence-electron chi connectivity index (χ4n) is 1.79. The highest BCUT2D eigenvalue weighted by Gasteiger charge is 2.27. The Balaban J connectivity index is 2.90. The molecule has 0 saturated heterocycles. The van der Waals surface area contributed by atoms with Crippen LogP contribution in [0.4, 0.5) is 9.18 Å². The van der Waals surface area contributed by atoms with Gasteiger partial charge >= 0.3 is 12.1 Å². The monoisotopic (exact) mass is 471 g/mol. The number of carbonyl (C=O) groups excluding carboxylic acids is 2. The largest absolute Gasteiger partial charge is 0.450 e. The molecule has 0 bridgehead atoms. The standard InChI is InChI=1S/C16H20ClFINO4/c1-9(19)23-14(21)13(20-15(22)24-16(2,3)4)8-10-5-6-12(18)11(17)7-10/h5-7,9,13H,8H2,1-4H3,(H,20,22)/t9?,13-/m1/s1. The van der Waals surface area contributed by atoms with E-state index in [-0.39, 0.29) is 15.6 Å². The highest BCUT2D eigenvalue weighted by atomic mass is 127. The quantitative estimate of drug-likeness (QED) is 0.396. The maximum Gasteiger partial charge on any atom is 0.408 e. The molecule has 5 nitrogen and oxygen atoms in total. The summed E-state index contributed by atoms with van der Waals surface area (Å²) in [4.78, 5) is 24.1.